The Morgan fingerprint density at radius 1 is 1.35 bits per heavy atom. The van der Waals surface area contributed by atoms with Gasteiger partial charge in [-0.05, 0) is 44.0 Å². The average molecular weight is 321 g/mol. The summed E-state index contributed by atoms with van der Waals surface area (Å²) < 4.78 is 27.3. The van der Waals surface area contributed by atoms with E-state index in [1.165, 1.54) is 0 Å². The number of hydrogen-bond donors (Lipinski definition) is 3. The Hall–Kier alpha value is -0.660. The maximum absolute atomic E-state index is 12.4. The van der Waals surface area contributed by atoms with Crippen LogP contribution in [0.2, 0.25) is 0 Å². The second-order valence-corrected chi connectivity index (χ2v) is 6.74. The van der Waals surface area contributed by atoms with Crippen LogP contribution in [0.15, 0.2) is 23.1 Å². The zero-order valence-electron chi connectivity index (χ0n) is 11.6. The van der Waals surface area contributed by atoms with Gasteiger partial charge in [-0.2, -0.15) is 0 Å². The molecule has 5 nitrogen and oxygen atoms in total. The molecule has 2 atom stereocenters. The van der Waals surface area contributed by atoms with Gasteiger partial charge in [0, 0.05) is 6.54 Å². The highest BCUT2D eigenvalue weighted by molar-refractivity contribution is 7.89. The van der Waals surface area contributed by atoms with Crippen molar-refractivity contribution in [2.75, 3.05) is 13.1 Å². The van der Waals surface area contributed by atoms with Crippen molar-refractivity contribution in [1.82, 2.24) is 10.0 Å². The molecule has 0 aliphatic carbocycles. The molecule has 1 aromatic rings. The SMILES string of the molecule is Cc1ccc(C)c(S(=O)(=O)N[C@H]2CNCC[C@H]2O)c1.Cl. The summed E-state index contributed by atoms with van der Waals surface area (Å²) in [5.74, 6) is 0. The maximum atomic E-state index is 12.4. The lowest BCUT2D eigenvalue weighted by atomic mass is 10.1. The van der Waals surface area contributed by atoms with Gasteiger partial charge < -0.3 is 10.4 Å². The van der Waals surface area contributed by atoms with Crippen LogP contribution in [0.3, 0.4) is 0 Å². The molecule has 0 unspecified atom stereocenters. The molecule has 1 aliphatic heterocycles. The van der Waals surface area contributed by atoms with Crippen LogP contribution in [-0.4, -0.2) is 38.8 Å². The standard InChI is InChI=1S/C13H20N2O3S.ClH/c1-9-3-4-10(2)13(7-9)19(17,18)15-11-8-14-6-5-12(11)16;/h3-4,7,11-12,14-16H,5-6,8H2,1-2H3;1H/t11-,12+;/m0./s1. The number of halogens is 1. The highest BCUT2D eigenvalue weighted by Crippen LogP contribution is 2.18. The van der Waals surface area contributed by atoms with Gasteiger partial charge in [-0.25, -0.2) is 13.1 Å². The van der Waals surface area contributed by atoms with E-state index < -0.39 is 22.2 Å². The second kappa shape index (κ2) is 6.87. The largest absolute Gasteiger partial charge is 0.391 e. The second-order valence-electron chi connectivity index (χ2n) is 5.06. The Morgan fingerprint density at radius 3 is 2.70 bits per heavy atom. The summed E-state index contributed by atoms with van der Waals surface area (Å²) in [6.07, 6.45) is -0.0823. The average Bonchev–Trinajstić information content (AvgIpc) is 2.35. The van der Waals surface area contributed by atoms with Crippen molar-refractivity contribution in [3.8, 4) is 0 Å². The van der Waals surface area contributed by atoms with E-state index in [2.05, 4.69) is 10.0 Å². The zero-order valence-corrected chi connectivity index (χ0v) is 13.2. The number of aliphatic hydroxyl groups excluding tert-OH is 1. The Morgan fingerprint density at radius 2 is 2.05 bits per heavy atom. The summed E-state index contributed by atoms with van der Waals surface area (Å²) >= 11 is 0. The van der Waals surface area contributed by atoms with Gasteiger partial charge in [0.25, 0.3) is 0 Å². The minimum Gasteiger partial charge on any atom is -0.391 e. The molecule has 1 fully saturated rings. The van der Waals surface area contributed by atoms with Gasteiger partial charge >= 0.3 is 0 Å². The topological polar surface area (TPSA) is 78.4 Å². The molecule has 1 aromatic carbocycles. The third-order valence-electron chi connectivity index (χ3n) is 3.39. The van der Waals surface area contributed by atoms with E-state index in [0.717, 1.165) is 5.56 Å². The molecule has 0 aromatic heterocycles. The van der Waals surface area contributed by atoms with Crippen LogP contribution in [0.1, 0.15) is 17.5 Å². The number of hydrogen-bond acceptors (Lipinski definition) is 4. The van der Waals surface area contributed by atoms with Crippen LogP contribution < -0.4 is 10.0 Å². The zero-order chi connectivity index (χ0) is 14.0. The van der Waals surface area contributed by atoms with Crippen LogP contribution in [0.4, 0.5) is 0 Å². The highest BCUT2D eigenvalue weighted by Gasteiger charge is 2.28. The minimum absolute atomic E-state index is 0. The van der Waals surface area contributed by atoms with E-state index in [4.69, 9.17) is 0 Å². The normalized spacial score (nSPS) is 23.1. The number of piperidine rings is 1. The van der Waals surface area contributed by atoms with Crippen LogP contribution in [0.25, 0.3) is 0 Å². The summed E-state index contributed by atoms with van der Waals surface area (Å²) in [7, 11) is -3.60. The first-order valence-corrected chi connectivity index (χ1v) is 7.87. The van der Waals surface area contributed by atoms with Crippen molar-refractivity contribution < 1.29 is 13.5 Å². The van der Waals surface area contributed by atoms with Gasteiger partial charge in [0.05, 0.1) is 17.0 Å². The fourth-order valence-electron chi connectivity index (χ4n) is 2.22. The van der Waals surface area contributed by atoms with Crippen molar-refractivity contribution in [1.29, 1.82) is 0 Å². The molecule has 7 heteroatoms. The van der Waals surface area contributed by atoms with Gasteiger partial charge in [0.2, 0.25) is 10.0 Å². The first-order valence-electron chi connectivity index (χ1n) is 6.38. The van der Waals surface area contributed by atoms with E-state index in [-0.39, 0.29) is 17.3 Å². The van der Waals surface area contributed by atoms with Gasteiger partial charge in [-0.1, -0.05) is 12.1 Å². The Labute approximate surface area is 126 Å². The highest BCUT2D eigenvalue weighted by atomic mass is 35.5. The lowest BCUT2D eigenvalue weighted by Crippen LogP contribution is -2.53. The van der Waals surface area contributed by atoms with Crippen molar-refractivity contribution >= 4 is 22.4 Å². The number of rotatable bonds is 3. The van der Waals surface area contributed by atoms with Crippen molar-refractivity contribution in [2.24, 2.45) is 0 Å². The summed E-state index contributed by atoms with van der Waals surface area (Å²) in [6, 6.07) is 4.85. The predicted octanol–water partition coefficient (Wildman–Crippen LogP) is 0.726. The van der Waals surface area contributed by atoms with Crippen LogP contribution in [-0.2, 0) is 10.0 Å². The van der Waals surface area contributed by atoms with Gasteiger partial charge in [0.15, 0.2) is 0 Å². The molecule has 3 N–H and O–H groups in total. The quantitative estimate of drug-likeness (QED) is 0.767. The van der Waals surface area contributed by atoms with E-state index in [1.54, 1.807) is 19.1 Å². The number of nitrogens with one attached hydrogen (secondary N) is 2. The van der Waals surface area contributed by atoms with Gasteiger partial charge in [0.1, 0.15) is 0 Å². The van der Waals surface area contributed by atoms with Crippen molar-refractivity contribution in [3.05, 3.63) is 29.3 Å². The molecule has 2 rings (SSSR count). The van der Waals surface area contributed by atoms with Crippen molar-refractivity contribution in [2.45, 2.75) is 37.3 Å². The molecule has 0 saturated carbocycles. The van der Waals surface area contributed by atoms with Crippen molar-refractivity contribution in [3.63, 3.8) is 0 Å². The molecule has 1 aliphatic rings. The Kier molecular flexibility index (Phi) is 5.97. The molecule has 0 spiro atoms. The Balaban J connectivity index is 0.00000200. The van der Waals surface area contributed by atoms with E-state index in [0.29, 0.717) is 25.1 Å². The molecular formula is C13H21ClN2O3S. The van der Waals surface area contributed by atoms with Crippen LogP contribution >= 0.6 is 12.4 Å². The predicted molar refractivity (Wildman–Crippen MR) is 80.8 cm³/mol. The minimum atomic E-state index is -3.60. The van der Waals surface area contributed by atoms with E-state index in [1.807, 2.05) is 13.0 Å². The monoisotopic (exact) mass is 320 g/mol. The smallest absolute Gasteiger partial charge is 0.241 e. The molecule has 20 heavy (non-hydrogen) atoms. The third kappa shape index (κ3) is 3.93. The molecule has 1 heterocycles. The molecule has 1 saturated heterocycles. The number of sulfonamides is 1. The molecule has 0 amide bonds. The molecule has 0 radical (unpaired) electrons. The van der Waals surface area contributed by atoms with Crippen LogP contribution in [0.5, 0.6) is 0 Å². The lowest BCUT2D eigenvalue weighted by Gasteiger charge is -2.29. The molecule has 114 valence electrons. The maximum Gasteiger partial charge on any atom is 0.241 e. The molecular weight excluding hydrogens is 300 g/mol. The Bertz CT molecular complexity index is 563. The van der Waals surface area contributed by atoms with E-state index in [9.17, 15) is 13.5 Å². The summed E-state index contributed by atoms with van der Waals surface area (Å²) in [5, 5.41) is 12.9. The lowest BCUT2D eigenvalue weighted by molar-refractivity contribution is 0.109. The number of aliphatic hydroxyl groups is 1. The third-order valence-corrected chi connectivity index (χ3v) is 5.02. The van der Waals surface area contributed by atoms with Crippen LogP contribution in [0, 0.1) is 13.8 Å². The fourth-order valence-corrected chi connectivity index (χ4v) is 3.82. The summed E-state index contributed by atoms with van der Waals surface area (Å²) in [5.41, 5.74) is 1.60. The van der Waals surface area contributed by atoms with E-state index >= 15 is 0 Å². The summed E-state index contributed by atoms with van der Waals surface area (Å²) in [4.78, 5) is 0.283. The number of benzene rings is 1. The molecule has 0 bridgehead atoms. The summed E-state index contributed by atoms with van der Waals surface area (Å²) in [6.45, 7) is 4.78. The van der Waals surface area contributed by atoms with Gasteiger partial charge in [-0.15, -0.1) is 12.4 Å². The number of aryl methyl sites for hydroxylation is 2. The van der Waals surface area contributed by atoms with Gasteiger partial charge in [-0.3, -0.25) is 0 Å². The first-order chi connectivity index (χ1) is 8.90. The fraction of sp³-hybridized carbons (Fsp3) is 0.538. The first kappa shape index (κ1) is 17.4.